The molecule has 0 fully saturated rings. The monoisotopic (exact) mass is 353 g/mol. The molecule has 7 nitrogen and oxygen atoms in total. The minimum absolute atomic E-state index is 0.198. The predicted molar refractivity (Wildman–Crippen MR) is 87.7 cm³/mol. The highest BCUT2D eigenvalue weighted by Crippen LogP contribution is 2.29. The maximum atomic E-state index is 13.6. The lowest BCUT2D eigenvalue weighted by Crippen LogP contribution is -2.22. The van der Waals surface area contributed by atoms with Gasteiger partial charge in [0.15, 0.2) is 0 Å². The highest BCUT2D eigenvalue weighted by molar-refractivity contribution is 7.89. The van der Waals surface area contributed by atoms with Crippen LogP contribution in [0.4, 0.5) is 15.8 Å². The van der Waals surface area contributed by atoms with Crippen LogP contribution in [-0.2, 0) is 16.6 Å². The number of halogens is 1. The number of non-ortho nitro benzene ring substituents is 1. The van der Waals surface area contributed by atoms with E-state index in [1.807, 2.05) is 0 Å². The predicted octanol–water partition coefficient (Wildman–Crippen LogP) is 2.33. The standard InChI is InChI=1S/C15H16FN3O4S/c1-10-3-4-11(7-13(10)16)9-18(2)14-6-5-12(19(20)21)8-15(14)24(17,22)23/h3-8H,9H2,1-2H3,(H2,17,22,23). The number of benzene rings is 2. The van der Waals surface area contributed by atoms with Gasteiger partial charge in [0.2, 0.25) is 10.0 Å². The van der Waals surface area contributed by atoms with Crippen LogP contribution < -0.4 is 10.0 Å². The topological polar surface area (TPSA) is 107 Å². The molecule has 2 rings (SSSR count). The second-order valence-corrected chi connectivity index (χ2v) is 6.92. The fourth-order valence-electron chi connectivity index (χ4n) is 2.25. The van der Waals surface area contributed by atoms with E-state index in [4.69, 9.17) is 5.14 Å². The van der Waals surface area contributed by atoms with E-state index in [2.05, 4.69) is 0 Å². The number of hydrogen-bond donors (Lipinski definition) is 1. The Bertz CT molecular complexity index is 900. The van der Waals surface area contributed by atoms with Crippen LogP contribution in [0, 0.1) is 22.9 Å². The van der Waals surface area contributed by atoms with E-state index in [9.17, 15) is 22.9 Å². The van der Waals surface area contributed by atoms with Gasteiger partial charge in [-0.25, -0.2) is 17.9 Å². The van der Waals surface area contributed by atoms with E-state index in [0.29, 0.717) is 11.1 Å². The molecule has 0 saturated heterocycles. The van der Waals surface area contributed by atoms with Crippen molar-refractivity contribution < 1.29 is 17.7 Å². The number of nitro benzene ring substituents is 1. The van der Waals surface area contributed by atoms with Crippen LogP contribution in [0.25, 0.3) is 0 Å². The number of nitrogens with zero attached hydrogens (tertiary/aromatic N) is 2. The molecular weight excluding hydrogens is 337 g/mol. The van der Waals surface area contributed by atoms with Crippen molar-refractivity contribution in [3.05, 3.63) is 63.5 Å². The quantitative estimate of drug-likeness (QED) is 0.656. The lowest BCUT2D eigenvalue weighted by atomic mass is 10.1. The van der Waals surface area contributed by atoms with Gasteiger partial charge in [-0.15, -0.1) is 0 Å². The molecule has 0 aliphatic heterocycles. The Hall–Kier alpha value is -2.52. The van der Waals surface area contributed by atoms with Gasteiger partial charge < -0.3 is 4.90 Å². The van der Waals surface area contributed by atoms with E-state index in [1.165, 1.54) is 23.1 Å². The zero-order valence-corrected chi connectivity index (χ0v) is 13.9. The molecule has 2 N–H and O–H groups in total. The zero-order chi connectivity index (χ0) is 18.1. The Morgan fingerprint density at radius 1 is 1.25 bits per heavy atom. The fraction of sp³-hybridized carbons (Fsp3) is 0.200. The second kappa shape index (κ2) is 6.54. The van der Waals surface area contributed by atoms with Crippen LogP contribution in [0.15, 0.2) is 41.3 Å². The molecule has 0 amide bonds. The summed E-state index contributed by atoms with van der Waals surface area (Å²) in [4.78, 5) is 11.3. The molecule has 128 valence electrons. The minimum Gasteiger partial charge on any atom is -0.369 e. The fourth-order valence-corrected chi connectivity index (χ4v) is 3.05. The lowest BCUT2D eigenvalue weighted by molar-refractivity contribution is -0.385. The van der Waals surface area contributed by atoms with Gasteiger partial charge in [0, 0.05) is 25.7 Å². The number of sulfonamides is 1. The van der Waals surface area contributed by atoms with Crippen LogP contribution in [-0.4, -0.2) is 20.4 Å². The lowest BCUT2D eigenvalue weighted by Gasteiger charge is -2.22. The molecule has 0 aliphatic rings. The highest BCUT2D eigenvalue weighted by atomic mass is 32.2. The van der Waals surface area contributed by atoms with Crippen LogP contribution in [0.5, 0.6) is 0 Å². The third-order valence-corrected chi connectivity index (χ3v) is 4.47. The molecule has 9 heteroatoms. The van der Waals surface area contributed by atoms with Gasteiger partial charge in [-0.05, 0) is 30.2 Å². The normalized spacial score (nSPS) is 11.3. The van der Waals surface area contributed by atoms with Gasteiger partial charge in [0.25, 0.3) is 5.69 Å². The summed E-state index contributed by atoms with van der Waals surface area (Å²) in [7, 11) is -2.57. The third-order valence-electron chi connectivity index (χ3n) is 3.53. The average Bonchev–Trinajstić information content (AvgIpc) is 2.49. The van der Waals surface area contributed by atoms with Crippen molar-refractivity contribution in [3.8, 4) is 0 Å². The molecule has 2 aromatic rings. The number of nitrogens with two attached hydrogens (primary N) is 1. The first-order chi connectivity index (χ1) is 11.1. The summed E-state index contributed by atoms with van der Waals surface area (Å²) in [6, 6.07) is 8.11. The van der Waals surface area contributed by atoms with E-state index < -0.39 is 14.9 Å². The van der Waals surface area contributed by atoms with Crippen LogP contribution in [0.3, 0.4) is 0 Å². The number of hydrogen-bond acceptors (Lipinski definition) is 5. The summed E-state index contributed by atoms with van der Waals surface area (Å²) in [6.07, 6.45) is 0. The van der Waals surface area contributed by atoms with Crippen molar-refractivity contribution in [2.75, 3.05) is 11.9 Å². The van der Waals surface area contributed by atoms with E-state index in [1.54, 1.807) is 26.1 Å². The summed E-state index contributed by atoms with van der Waals surface area (Å²) in [5, 5.41) is 16.0. The SMILES string of the molecule is Cc1ccc(CN(C)c2ccc([N+](=O)[O-])cc2S(N)(=O)=O)cc1F. The molecule has 2 aromatic carbocycles. The van der Waals surface area contributed by atoms with Gasteiger partial charge in [-0.2, -0.15) is 0 Å². The molecule has 0 aliphatic carbocycles. The van der Waals surface area contributed by atoms with Crippen LogP contribution in [0.1, 0.15) is 11.1 Å². The Morgan fingerprint density at radius 3 is 2.46 bits per heavy atom. The van der Waals surface area contributed by atoms with Crippen LogP contribution >= 0.6 is 0 Å². The smallest absolute Gasteiger partial charge is 0.270 e. The number of primary sulfonamides is 1. The molecule has 0 bridgehead atoms. The molecule has 0 heterocycles. The largest absolute Gasteiger partial charge is 0.369 e. The van der Waals surface area contributed by atoms with Crippen molar-refractivity contribution in [2.45, 2.75) is 18.4 Å². The minimum atomic E-state index is -4.16. The van der Waals surface area contributed by atoms with Gasteiger partial charge in [0.05, 0.1) is 10.6 Å². The molecule has 0 aromatic heterocycles. The van der Waals surface area contributed by atoms with Gasteiger partial charge in [0.1, 0.15) is 10.7 Å². The van der Waals surface area contributed by atoms with Gasteiger partial charge in [-0.3, -0.25) is 10.1 Å². The first-order valence-electron chi connectivity index (χ1n) is 6.87. The van der Waals surface area contributed by atoms with Crippen molar-refractivity contribution >= 4 is 21.4 Å². The highest BCUT2D eigenvalue weighted by Gasteiger charge is 2.21. The number of rotatable bonds is 5. The molecule has 0 saturated carbocycles. The Labute approximate surface area is 138 Å². The van der Waals surface area contributed by atoms with Crippen molar-refractivity contribution in [1.29, 1.82) is 0 Å². The Morgan fingerprint density at radius 2 is 1.92 bits per heavy atom. The van der Waals surface area contributed by atoms with Crippen molar-refractivity contribution in [1.82, 2.24) is 0 Å². The Balaban J connectivity index is 2.43. The summed E-state index contributed by atoms with van der Waals surface area (Å²) in [5.41, 5.74) is 0.947. The third kappa shape index (κ3) is 3.87. The molecule has 0 atom stereocenters. The number of nitro groups is 1. The summed E-state index contributed by atoms with van der Waals surface area (Å²) < 4.78 is 37.1. The molecular formula is C15H16FN3O4S. The number of aryl methyl sites for hydroxylation is 1. The summed E-state index contributed by atoms with van der Waals surface area (Å²) in [6.45, 7) is 1.84. The maximum absolute atomic E-state index is 13.6. The number of anilines is 1. The molecule has 0 unspecified atom stereocenters. The first-order valence-corrected chi connectivity index (χ1v) is 8.41. The van der Waals surface area contributed by atoms with E-state index in [0.717, 1.165) is 6.07 Å². The van der Waals surface area contributed by atoms with Crippen molar-refractivity contribution in [2.24, 2.45) is 5.14 Å². The average molecular weight is 353 g/mol. The first kappa shape index (κ1) is 17.8. The molecule has 0 spiro atoms. The van der Waals surface area contributed by atoms with E-state index in [-0.39, 0.29) is 28.6 Å². The van der Waals surface area contributed by atoms with Crippen molar-refractivity contribution in [3.63, 3.8) is 0 Å². The molecule has 0 radical (unpaired) electrons. The summed E-state index contributed by atoms with van der Waals surface area (Å²) >= 11 is 0. The van der Waals surface area contributed by atoms with Crippen LogP contribution in [0.2, 0.25) is 0 Å². The Kier molecular flexibility index (Phi) is 4.86. The van der Waals surface area contributed by atoms with Gasteiger partial charge >= 0.3 is 0 Å². The molecule has 24 heavy (non-hydrogen) atoms. The summed E-state index contributed by atoms with van der Waals surface area (Å²) in [5.74, 6) is -0.365. The van der Waals surface area contributed by atoms with E-state index >= 15 is 0 Å². The van der Waals surface area contributed by atoms with Gasteiger partial charge in [-0.1, -0.05) is 12.1 Å². The second-order valence-electron chi connectivity index (χ2n) is 5.39. The maximum Gasteiger partial charge on any atom is 0.270 e. The zero-order valence-electron chi connectivity index (χ0n) is 13.1.